The normalized spacial score (nSPS) is 23.7. The van der Waals surface area contributed by atoms with Gasteiger partial charge >= 0.3 is 0 Å². The average Bonchev–Trinajstić information content (AvgIpc) is 3.02. The predicted octanol–water partition coefficient (Wildman–Crippen LogP) is -0.839. The van der Waals surface area contributed by atoms with Crippen molar-refractivity contribution >= 4 is 29.3 Å². The minimum absolute atomic E-state index is 0.0155. The summed E-state index contributed by atoms with van der Waals surface area (Å²) in [4.78, 5) is 29.1. The summed E-state index contributed by atoms with van der Waals surface area (Å²) in [6.07, 6.45) is 5.25. The fraction of sp³-hybridized carbons (Fsp3) is 0.619. The summed E-state index contributed by atoms with van der Waals surface area (Å²) in [7, 11) is 0. The number of carbonyl (C=O) groups excluding carboxylic acids is 2. The summed E-state index contributed by atoms with van der Waals surface area (Å²) in [5, 5.41) is 5.91. The van der Waals surface area contributed by atoms with E-state index in [-0.39, 0.29) is 17.2 Å². The van der Waals surface area contributed by atoms with E-state index in [2.05, 4.69) is 10.6 Å². The van der Waals surface area contributed by atoms with E-state index in [4.69, 9.17) is 4.74 Å². The summed E-state index contributed by atoms with van der Waals surface area (Å²) in [5.74, 6) is -0.0519. The first-order valence-electron chi connectivity index (χ1n) is 10.9. The molecule has 1 aromatic rings. The van der Waals surface area contributed by atoms with Crippen LogP contribution >= 0.6 is 11.8 Å². The van der Waals surface area contributed by atoms with Crippen LogP contribution < -0.4 is 20.4 Å². The van der Waals surface area contributed by atoms with Crippen molar-refractivity contribution in [2.45, 2.75) is 36.0 Å². The van der Waals surface area contributed by atoms with E-state index in [9.17, 15) is 9.59 Å². The van der Waals surface area contributed by atoms with E-state index in [1.807, 2.05) is 12.1 Å². The zero-order valence-corrected chi connectivity index (χ0v) is 17.7. The molecule has 2 saturated heterocycles. The Balaban J connectivity index is 1.32. The summed E-state index contributed by atoms with van der Waals surface area (Å²) >= 11 is 1.59. The van der Waals surface area contributed by atoms with Gasteiger partial charge in [0.1, 0.15) is 13.1 Å². The van der Waals surface area contributed by atoms with Gasteiger partial charge in [0.25, 0.3) is 11.8 Å². The number of amides is 2. The molecule has 1 unspecified atom stereocenters. The Morgan fingerprint density at radius 3 is 2.66 bits per heavy atom. The Hall–Kier alpha value is -1.61. The number of likely N-dealkylation sites (tertiary alicyclic amines) is 1. The van der Waals surface area contributed by atoms with Gasteiger partial charge in [-0.25, -0.2) is 0 Å². The van der Waals surface area contributed by atoms with Gasteiger partial charge in [0, 0.05) is 10.5 Å². The molecule has 8 heteroatoms. The van der Waals surface area contributed by atoms with Crippen molar-refractivity contribution in [2.75, 3.05) is 57.8 Å². The molecule has 0 saturated carbocycles. The molecule has 3 aliphatic heterocycles. The number of morpholine rings is 1. The molecular formula is C21H32N4O3S+2. The number of hydrogen-bond acceptors (Lipinski definition) is 4. The molecule has 0 bridgehead atoms. The van der Waals surface area contributed by atoms with Crippen LogP contribution in [0.15, 0.2) is 23.1 Å². The van der Waals surface area contributed by atoms with Crippen molar-refractivity contribution in [1.82, 2.24) is 5.32 Å². The van der Waals surface area contributed by atoms with Gasteiger partial charge in [0.05, 0.1) is 45.1 Å². The van der Waals surface area contributed by atoms with Gasteiger partial charge in [-0.1, -0.05) is 11.8 Å². The predicted molar refractivity (Wildman–Crippen MR) is 113 cm³/mol. The third kappa shape index (κ3) is 5.31. The zero-order valence-electron chi connectivity index (χ0n) is 16.9. The van der Waals surface area contributed by atoms with Crippen LogP contribution in [-0.2, 0) is 9.53 Å². The fourth-order valence-electron chi connectivity index (χ4n) is 4.35. The van der Waals surface area contributed by atoms with Crippen molar-refractivity contribution in [3.8, 4) is 0 Å². The minimum Gasteiger partial charge on any atom is -0.370 e. The average molecular weight is 421 g/mol. The van der Waals surface area contributed by atoms with Gasteiger partial charge in [-0.3, -0.25) is 9.59 Å². The third-order valence-electron chi connectivity index (χ3n) is 6.06. The van der Waals surface area contributed by atoms with Gasteiger partial charge in [0.15, 0.2) is 0 Å². The number of thioether (sulfide) groups is 1. The maximum Gasteiger partial charge on any atom is 0.294 e. The molecule has 0 aliphatic carbocycles. The molecule has 0 aromatic heterocycles. The Morgan fingerprint density at radius 2 is 1.90 bits per heavy atom. The highest BCUT2D eigenvalue weighted by atomic mass is 32.2. The Bertz CT molecular complexity index is 731. The van der Waals surface area contributed by atoms with Crippen molar-refractivity contribution < 1.29 is 24.1 Å². The Labute approximate surface area is 176 Å². The second-order valence-corrected chi connectivity index (χ2v) is 9.29. The van der Waals surface area contributed by atoms with E-state index >= 15 is 0 Å². The Morgan fingerprint density at radius 1 is 1.14 bits per heavy atom. The number of carbonyl (C=O) groups is 2. The molecule has 29 heavy (non-hydrogen) atoms. The molecule has 7 nitrogen and oxygen atoms in total. The summed E-state index contributed by atoms with van der Waals surface area (Å²) in [6, 6.07) is 5.63. The second-order valence-electron chi connectivity index (χ2n) is 8.14. The fourth-order valence-corrected chi connectivity index (χ4v) is 5.55. The van der Waals surface area contributed by atoms with E-state index in [0.717, 1.165) is 30.2 Å². The molecule has 2 fully saturated rings. The molecule has 158 valence electrons. The van der Waals surface area contributed by atoms with Crippen molar-refractivity contribution in [3.05, 3.63) is 23.8 Å². The Kier molecular flexibility index (Phi) is 7.07. The highest BCUT2D eigenvalue weighted by molar-refractivity contribution is 8.00. The van der Waals surface area contributed by atoms with E-state index in [1.54, 1.807) is 22.7 Å². The molecule has 1 aromatic carbocycles. The first kappa shape index (κ1) is 20.7. The van der Waals surface area contributed by atoms with Crippen LogP contribution in [-0.4, -0.2) is 69.7 Å². The smallest absolute Gasteiger partial charge is 0.294 e. The van der Waals surface area contributed by atoms with Crippen LogP contribution in [0.4, 0.5) is 5.69 Å². The number of quaternary nitrogens is 2. The molecule has 2 amide bonds. The minimum atomic E-state index is -0.150. The first-order chi connectivity index (χ1) is 14.2. The van der Waals surface area contributed by atoms with Gasteiger partial charge in [-0.05, 0) is 43.9 Å². The lowest BCUT2D eigenvalue weighted by molar-refractivity contribution is -0.909. The largest absolute Gasteiger partial charge is 0.370 e. The maximum atomic E-state index is 12.6. The van der Waals surface area contributed by atoms with E-state index in [0.29, 0.717) is 25.3 Å². The van der Waals surface area contributed by atoms with E-state index < -0.39 is 0 Å². The number of hydrogen-bond donors (Lipinski definition) is 4. The molecule has 4 rings (SSSR count). The lowest BCUT2D eigenvalue weighted by atomic mass is 10.1. The maximum absolute atomic E-state index is 12.6. The van der Waals surface area contributed by atoms with Crippen molar-refractivity contribution in [2.24, 2.45) is 0 Å². The van der Waals surface area contributed by atoms with Gasteiger partial charge in [-0.15, -0.1) is 0 Å². The number of rotatable bonds is 5. The number of benzene rings is 1. The molecule has 3 aliphatic rings. The van der Waals surface area contributed by atoms with Crippen LogP contribution in [0.5, 0.6) is 0 Å². The van der Waals surface area contributed by atoms with Gasteiger partial charge in [0.2, 0.25) is 5.37 Å². The molecule has 3 heterocycles. The van der Waals surface area contributed by atoms with Crippen LogP contribution in [0, 0.1) is 0 Å². The summed E-state index contributed by atoms with van der Waals surface area (Å²) in [6.45, 7) is 7.19. The lowest BCUT2D eigenvalue weighted by Gasteiger charge is -2.32. The topological polar surface area (TPSA) is 76.3 Å². The number of anilines is 1. The zero-order chi connectivity index (χ0) is 20.1. The SMILES string of the molecule is O=C(NCC[NH+]1CCCCCC1)c1ccc2c(c1)NC(=O)C([NH+]1CCOCC1)S2. The lowest BCUT2D eigenvalue weighted by Crippen LogP contribution is -3.18. The quantitative estimate of drug-likeness (QED) is 0.501. The van der Waals surface area contributed by atoms with Gasteiger partial charge in [-0.2, -0.15) is 0 Å². The molecule has 1 atom stereocenters. The molecule has 0 spiro atoms. The number of nitrogens with one attached hydrogen (secondary N) is 4. The highest BCUT2D eigenvalue weighted by Crippen LogP contribution is 2.34. The van der Waals surface area contributed by atoms with Gasteiger partial charge < -0.3 is 25.2 Å². The van der Waals surface area contributed by atoms with Crippen LogP contribution in [0.25, 0.3) is 0 Å². The standard InChI is InChI=1S/C21H30N4O3S/c26-19(22-7-10-24-8-3-1-2-4-9-24)16-5-6-18-17(15-16)23-20(27)21(29-18)25-11-13-28-14-12-25/h5-6,15,21H,1-4,7-14H2,(H,22,26)(H,23,27)/p+2. The molecular weight excluding hydrogens is 388 g/mol. The van der Waals surface area contributed by atoms with Crippen molar-refractivity contribution in [3.63, 3.8) is 0 Å². The van der Waals surface area contributed by atoms with E-state index in [1.165, 1.54) is 43.7 Å². The number of fused-ring (bicyclic) bond motifs is 1. The number of ether oxygens (including phenoxy) is 1. The first-order valence-corrected chi connectivity index (χ1v) is 11.7. The van der Waals surface area contributed by atoms with Crippen molar-refractivity contribution in [1.29, 1.82) is 0 Å². The highest BCUT2D eigenvalue weighted by Gasteiger charge is 2.36. The second kappa shape index (κ2) is 9.93. The molecule has 4 N–H and O–H groups in total. The van der Waals surface area contributed by atoms with Crippen LogP contribution in [0.3, 0.4) is 0 Å². The van der Waals surface area contributed by atoms with Crippen LogP contribution in [0.1, 0.15) is 36.0 Å². The van der Waals surface area contributed by atoms with Crippen LogP contribution in [0.2, 0.25) is 0 Å². The summed E-state index contributed by atoms with van der Waals surface area (Å²) in [5.41, 5.74) is 1.35. The monoisotopic (exact) mass is 420 g/mol. The third-order valence-corrected chi connectivity index (χ3v) is 7.46. The summed E-state index contributed by atoms with van der Waals surface area (Å²) < 4.78 is 5.41. The molecule has 0 radical (unpaired) electrons.